The molecule has 2 aliphatic rings. The summed E-state index contributed by atoms with van der Waals surface area (Å²) in [6, 6.07) is 9.15. The van der Waals surface area contributed by atoms with Crippen molar-refractivity contribution < 1.29 is 22.4 Å². The number of nitrogens with one attached hydrogen (secondary N) is 1. The van der Waals surface area contributed by atoms with Gasteiger partial charge in [0.2, 0.25) is 0 Å². The molecule has 6 nitrogen and oxygen atoms in total. The maximum atomic E-state index is 13.9. The van der Waals surface area contributed by atoms with E-state index in [1.54, 1.807) is 38.1 Å². The summed E-state index contributed by atoms with van der Waals surface area (Å²) in [6.45, 7) is 5.78. The number of nitrogens with zero attached hydrogens (tertiary/aromatic N) is 3. The molecule has 2 saturated carbocycles. The highest BCUT2D eigenvalue weighted by molar-refractivity contribution is 5.96. The zero-order chi connectivity index (χ0) is 28.8. The van der Waals surface area contributed by atoms with Crippen LogP contribution in [0.5, 0.6) is 0 Å². The number of carbonyl (C=O) groups is 1. The molecule has 3 aromatic rings. The van der Waals surface area contributed by atoms with Crippen LogP contribution in [-0.2, 0) is 19.3 Å². The van der Waals surface area contributed by atoms with Crippen LogP contribution in [-0.4, -0.2) is 21.5 Å². The van der Waals surface area contributed by atoms with Crippen LogP contribution in [0, 0.1) is 24.1 Å². The Morgan fingerprint density at radius 3 is 2.55 bits per heavy atom. The average Bonchev–Trinajstić information content (AvgIpc) is 3.84. The lowest BCUT2D eigenvalue weighted by Crippen LogP contribution is -2.30. The van der Waals surface area contributed by atoms with Crippen molar-refractivity contribution in [3.63, 3.8) is 0 Å². The molecule has 40 heavy (non-hydrogen) atoms. The summed E-state index contributed by atoms with van der Waals surface area (Å²) in [5, 5.41) is 6.80. The topological polar surface area (TPSA) is 85.3 Å². The number of hydrogen-bond acceptors (Lipinski definition) is 3. The number of nitrogens with two attached hydrogens (primary N) is 1. The molecule has 1 aromatic heterocycles. The van der Waals surface area contributed by atoms with Crippen molar-refractivity contribution in [2.24, 2.45) is 22.1 Å². The molecule has 0 unspecified atom stereocenters. The van der Waals surface area contributed by atoms with Crippen molar-refractivity contribution in [2.45, 2.75) is 71.8 Å². The second kappa shape index (κ2) is 10.4. The highest BCUT2D eigenvalue weighted by atomic mass is 19.4. The number of hydrogen-bond donors (Lipinski definition) is 2. The molecule has 0 bridgehead atoms. The summed E-state index contributed by atoms with van der Waals surface area (Å²) >= 11 is 0. The van der Waals surface area contributed by atoms with Gasteiger partial charge in [-0.05, 0) is 92.0 Å². The zero-order valence-corrected chi connectivity index (χ0v) is 22.8. The van der Waals surface area contributed by atoms with E-state index in [1.807, 2.05) is 6.92 Å². The molecule has 1 amide bonds. The highest BCUT2D eigenvalue weighted by Crippen LogP contribution is 2.45. The Balaban J connectivity index is 1.53. The first-order chi connectivity index (χ1) is 18.9. The van der Waals surface area contributed by atoms with Gasteiger partial charge in [-0.15, -0.1) is 0 Å². The number of aromatic nitrogens is 2. The zero-order valence-electron chi connectivity index (χ0n) is 22.8. The van der Waals surface area contributed by atoms with Crippen LogP contribution in [0.1, 0.15) is 78.3 Å². The summed E-state index contributed by atoms with van der Waals surface area (Å²) in [4.78, 5) is 18.1. The lowest BCUT2D eigenvalue weighted by Gasteiger charge is -2.20. The van der Waals surface area contributed by atoms with Crippen LogP contribution < -0.4 is 11.1 Å². The Hall–Kier alpha value is -3.69. The van der Waals surface area contributed by atoms with E-state index in [9.17, 15) is 22.4 Å². The van der Waals surface area contributed by atoms with Gasteiger partial charge in [0.05, 0.1) is 12.6 Å². The molecular weight excluding hydrogens is 522 g/mol. The van der Waals surface area contributed by atoms with E-state index in [1.165, 1.54) is 23.0 Å². The largest absolute Gasteiger partial charge is 0.435 e. The number of alkyl halides is 3. The number of amidine groups is 1. The van der Waals surface area contributed by atoms with Gasteiger partial charge in [0.25, 0.3) is 5.91 Å². The van der Waals surface area contributed by atoms with Gasteiger partial charge in [-0.3, -0.25) is 14.5 Å². The molecule has 5 rings (SSSR count). The number of rotatable bonds is 9. The molecule has 2 aromatic carbocycles. The van der Waals surface area contributed by atoms with Crippen molar-refractivity contribution >= 4 is 11.7 Å². The Morgan fingerprint density at radius 2 is 1.95 bits per heavy atom. The van der Waals surface area contributed by atoms with Gasteiger partial charge < -0.3 is 11.1 Å². The molecule has 0 spiro atoms. The molecule has 1 heterocycles. The first kappa shape index (κ1) is 27.9. The van der Waals surface area contributed by atoms with E-state index in [0.29, 0.717) is 17.0 Å². The van der Waals surface area contributed by atoms with Crippen molar-refractivity contribution in [3.8, 4) is 11.1 Å². The fourth-order valence-corrected chi connectivity index (χ4v) is 4.87. The maximum Gasteiger partial charge on any atom is 0.435 e. The van der Waals surface area contributed by atoms with Crippen LogP contribution in [0.15, 0.2) is 47.6 Å². The predicted octanol–water partition coefficient (Wildman–Crippen LogP) is 6.57. The van der Waals surface area contributed by atoms with Gasteiger partial charge in [-0.1, -0.05) is 19.1 Å². The van der Waals surface area contributed by atoms with Crippen LogP contribution in [0.3, 0.4) is 0 Å². The third-order valence-corrected chi connectivity index (χ3v) is 7.89. The summed E-state index contributed by atoms with van der Waals surface area (Å²) in [5.41, 5.74) is 7.20. The Kier molecular flexibility index (Phi) is 7.22. The van der Waals surface area contributed by atoms with Crippen LogP contribution in [0.2, 0.25) is 0 Å². The number of benzene rings is 2. The summed E-state index contributed by atoms with van der Waals surface area (Å²) in [6.07, 6.45) is 0.393. The molecule has 2 fully saturated rings. The van der Waals surface area contributed by atoms with Crippen molar-refractivity contribution in [1.29, 1.82) is 0 Å². The molecule has 0 aliphatic heterocycles. The molecule has 2 aliphatic carbocycles. The predicted molar refractivity (Wildman–Crippen MR) is 145 cm³/mol. The molecular formula is C30H33F4N5O. The molecule has 1 atom stereocenters. The smallest absolute Gasteiger partial charge is 0.387 e. The normalized spacial score (nSPS) is 17.5. The van der Waals surface area contributed by atoms with Crippen molar-refractivity contribution in [1.82, 2.24) is 15.1 Å². The lowest BCUT2D eigenvalue weighted by atomic mass is 9.97. The third-order valence-electron chi connectivity index (χ3n) is 7.89. The van der Waals surface area contributed by atoms with Gasteiger partial charge in [0.1, 0.15) is 11.7 Å². The van der Waals surface area contributed by atoms with Crippen LogP contribution in [0.25, 0.3) is 11.1 Å². The summed E-state index contributed by atoms with van der Waals surface area (Å²) in [5.74, 6) is -0.0431. The molecule has 10 heteroatoms. The minimum atomic E-state index is -4.67. The van der Waals surface area contributed by atoms with E-state index in [-0.39, 0.29) is 53.0 Å². The number of halogens is 4. The van der Waals surface area contributed by atoms with E-state index in [2.05, 4.69) is 15.4 Å². The van der Waals surface area contributed by atoms with Gasteiger partial charge in [-0.25, -0.2) is 4.39 Å². The summed E-state index contributed by atoms with van der Waals surface area (Å²) < 4.78 is 56.9. The summed E-state index contributed by atoms with van der Waals surface area (Å²) in [7, 11) is 0. The number of carbonyl (C=O) groups excluding carboxylic acids is 1. The second-order valence-electron chi connectivity index (χ2n) is 11.2. The molecule has 212 valence electrons. The second-order valence-corrected chi connectivity index (χ2v) is 11.2. The number of amides is 1. The standard InChI is InChI=1S/C30H33F4N5O/c1-4-39-16-23(26(38-39)30(32,33)34)21-12-18(15-36-28(35)29(3)9-10-29)13-22(14-21)27(40)37-25(19-5-6-19)20-7-8-24(31)17(2)11-20/h7-8,11-14,16,19,25H,4-6,9-10,15H2,1-3H3,(H2,35,36)(H,37,40)/t25-/m0/s1. The third kappa shape index (κ3) is 5.90. The van der Waals surface area contributed by atoms with Gasteiger partial charge in [-0.2, -0.15) is 18.3 Å². The first-order valence-electron chi connectivity index (χ1n) is 13.5. The molecule has 3 N–H and O–H groups in total. The SMILES string of the molecule is CCn1cc(-c2cc(CN=C(N)C3(C)CC3)cc(C(=O)N[C@H](c3ccc(F)c(C)c3)C3CC3)c2)c(C(F)(F)F)n1. The Bertz CT molecular complexity index is 1470. The lowest BCUT2D eigenvalue weighted by molar-refractivity contribution is -0.141. The average molecular weight is 556 g/mol. The molecule has 0 saturated heterocycles. The van der Waals surface area contributed by atoms with Crippen molar-refractivity contribution in [3.05, 3.63) is 76.4 Å². The fourth-order valence-electron chi connectivity index (χ4n) is 4.87. The van der Waals surface area contributed by atoms with E-state index >= 15 is 0 Å². The van der Waals surface area contributed by atoms with Crippen LogP contribution in [0.4, 0.5) is 17.6 Å². The van der Waals surface area contributed by atoms with Crippen molar-refractivity contribution in [2.75, 3.05) is 0 Å². The number of aliphatic imine (C=N–C) groups is 1. The van der Waals surface area contributed by atoms with Gasteiger partial charge >= 0.3 is 6.18 Å². The quantitative estimate of drug-likeness (QED) is 0.178. The maximum absolute atomic E-state index is 13.9. The number of aryl methyl sites for hydroxylation is 2. The van der Waals surface area contributed by atoms with Gasteiger partial charge in [0.15, 0.2) is 5.69 Å². The van der Waals surface area contributed by atoms with Gasteiger partial charge in [0, 0.05) is 29.3 Å². The van der Waals surface area contributed by atoms with Crippen LogP contribution >= 0.6 is 0 Å². The Morgan fingerprint density at radius 1 is 1.23 bits per heavy atom. The minimum absolute atomic E-state index is 0.107. The Labute approximate surface area is 230 Å². The van der Waals surface area contributed by atoms with E-state index in [0.717, 1.165) is 31.2 Å². The highest BCUT2D eigenvalue weighted by Gasteiger charge is 2.41. The minimum Gasteiger partial charge on any atom is -0.387 e. The van der Waals surface area contributed by atoms with E-state index < -0.39 is 17.8 Å². The monoisotopic (exact) mass is 555 g/mol. The van der Waals surface area contributed by atoms with E-state index in [4.69, 9.17) is 5.73 Å². The fraction of sp³-hybridized carbons (Fsp3) is 0.433. The first-order valence-corrected chi connectivity index (χ1v) is 13.5. The molecule has 0 radical (unpaired) electrons.